The van der Waals surface area contributed by atoms with Crippen molar-refractivity contribution in [3.8, 4) is 5.75 Å². The number of ether oxygens (including phenoxy) is 1. The molecule has 0 unspecified atom stereocenters. The maximum Gasteiger partial charge on any atom is 0.157 e. The second-order valence-corrected chi connectivity index (χ2v) is 5.36. The molecular weight excluding hydrogens is 230 g/mol. The van der Waals surface area contributed by atoms with Crippen LogP contribution in [0.2, 0.25) is 0 Å². The molecule has 1 fully saturated rings. The summed E-state index contributed by atoms with van der Waals surface area (Å²) in [6.45, 7) is 3.43. The SMILES string of the molecule is COc1cc2nc(C(C)(C)O)cn2nc1C1CC1. The molecule has 96 valence electrons. The van der Waals surface area contributed by atoms with Crippen LogP contribution >= 0.6 is 0 Å². The minimum Gasteiger partial charge on any atom is -0.495 e. The van der Waals surface area contributed by atoms with Gasteiger partial charge in [-0.2, -0.15) is 5.10 Å². The van der Waals surface area contributed by atoms with E-state index in [9.17, 15) is 5.11 Å². The number of aliphatic hydroxyl groups is 1. The lowest BCUT2D eigenvalue weighted by molar-refractivity contribution is 0.0744. The van der Waals surface area contributed by atoms with Crippen molar-refractivity contribution in [3.05, 3.63) is 23.7 Å². The third kappa shape index (κ3) is 1.84. The molecule has 5 heteroatoms. The van der Waals surface area contributed by atoms with Crippen LogP contribution in [0.25, 0.3) is 5.65 Å². The van der Waals surface area contributed by atoms with Gasteiger partial charge in [0, 0.05) is 12.0 Å². The van der Waals surface area contributed by atoms with Gasteiger partial charge in [0.15, 0.2) is 5.65 Å². The third-order valence-corrected chi connectivity index (χ3v) is 3.25. The van der Waals surface area contributed by atoms with Crippen LogP contribution in [0, 0.1) is 0 Å². The molecule has 2 heterocycles. The first-order valence-corrected chi connectivity index (χ1v) is 6.16. The Kier molecular flexibility index (Phi) is 2.35. The van der Waals surface area contributed by atoms with Crippen molar-refractivity contribution < 1.29 is 9.84 Å². The Hall–Kier alpha value is -1.62. The molecule has 0 aromatic carbocycles. The summed E-state index contributed by atoms with van der Waals surface area (Å²) in [5.74, 6) is 1.30. The van der Waals surface area contributed by atoms with Crippen LogP contribution in [0.3, 0.4) is 0 Å². The van der Waals surface area contributed by atoms with Crippen LogP contribution in [0.5, 0.6) is 5.75 Å². The van der Waals surface area contributed by atoms with E-state index < -0.39 is 5.60 Å². The van der Waals surface area contributed by atoms with Crippen LogP contribution in [-0.2, 0) is 5.60 Å². The molecule has 18 heavy (non-hydrogen) atoms. The van der Waals surface area contributed by atoms with E-state index >= 15 is 0 Å². The molecule has 2 aromatic rings. The van der Waals surface area contributed by atoms with Crippen molar-refractivity contribution in [3.63, 3.8) is 0 Å². The summed E-state index contributed by atoms with van der Waals surface area (Å²) in [5, 5.41) is 14.5. The van der Waals surface area contributed by atoms with E-state index in [4.69, 9.17) is 4.74 Å². The summed E-state index contributed by atoms with van der Waals surface area (Å²) in [6.07, 6.45) is 4.12. The van der Waals surface area contributed by atoms with Gasteiger partial charge in [-0.15, -0.1) is 0 Å². The Morgan fingerprint density at radius 1 is 1.44 bits per heavy atom. The molecule has 1 aliphatic rings. The van der Waals surface area contributed by atoms with Gasteiger partial charge in [-0.25, -0.2) is 9.50 Å². The van der Waals surface area contributed by atoms with Crippen molar-refractivity contribution in [2.24, 2.45) is 0 Å². The van der Waals surface area contributed by atoms with E-state index in [1.807, 2.05) is 6.07 Å². The number of aromatic nitrogens is 3. The van der Waals surface area contributed by atoms with Crippen LogP contribution in [-0.4, -0.2) is 26.8 Å². The fraction of sp³-hybridized carbons (Fsp3) is 0.538. The number of fused-ring (bicyclic) bond motifs is 1. The highest BCUT2D eigenvalue weighted by Crippen LogP contribution is 2.43. The Bertz CT molecular complexity index is 594. The summed E-state index contributed by atoms with van der Waals surface area (Å²) in [4.78, 5) is 4.38. The Morgan fingerprint density at radius 3 is 2.72 bits per heavy atom. The molecule has 3 rings (SSSR count). The fourth-order valence-electron chi connectivity index (χ4n) is 2.02. The zero-order valence-electron chi connectivity index (χ0n) is 10.8. The molecule has 0 spiro atoms. The number of nitrogens with zero attached hydrogens (tertiary/aromatic N) is 3. The molecule has 0 amide bonds. The first kappa shape index (κ1) is 11.5. The van der Waals surface area contributed by atoms with E-state index in [1.165, 1.54) is 12.8 Å². The minimum absolute atomic E-state index is 0.511. The van der Waals surface area contributed by atoms with Gasteiger partial charge in [0.05, 0.1) is 19.0 Å². The highest BCUT2D eigenvalue weighted by molar-refractivity contribution is 5.48. The maximum atomic E-state index is 9.97. The van der Waals surface area contributed by atoms with Gasteiger partial charge in [0.1, 0.15) is 17.0 Å². The fourth-order valence-corrected chi connectivity index (χ4v) is 2.02. The van der Waals surface area contributed by atoms with Gasteiger partial charge in [-0.05, 0) is 26.7 Å². The quantitative estimate of drug-likeness (QED) is 0.899. The van der Waals surface area contributed by atoms with E-state index in [2.05, 4.69) is 10.1 Å². The molecule has 1 saturated carbocycles. The smallest absolute Gasteiger partial charge is 0.157 e. The maximum absolute atomic E-state index is 9.97. The Labute approximate surface area is 105 Å². The molecule has 0 atom stereocenters. The van der Waals surface area contributed by atoms with Crippen molar-refractivity contribution in [2.75, 3.05) is 7.11 Å². The predicted octanol–water partition coefficient (Wildman–Crippen LogP) is 1.84. The molecule has 1 N–H and O–H groups in total. The van der Waals surface area contributed by atoms with Crippen molar-refractivity contribution in [1.29, 1.82) is 0 Å². The van der Waals surface area contributed by atoms with Gasteiger partial charge in [0.2, 0.25) is 0 Å². The lowest BCUT2D eigenvalue weighted by Crippen LogP contribution is -2.15. The summed E-state index contributed by atoms with van der Waals surface area (Å²) >= 11 is 0. The first-order valence-electron chi connectivity index (χ1n) is 6.16. The average molecular weight is 247 g/mol. The van der Waals surface area contributed by atoms with Crippen LogP contribution < -0.4 is 4.74 Å². The van der Waals surface area contributed by atoms with Crippen LogP contribution in [0.1, 0.15) is 44.0 Å². The van der Waals surface area contributed by atoms with E-state index in [0.29, 0.717) is 17.3 Å². The van der Waals surface area contributed by atoms with E-state index in [1.54, 1.807) is 31.7 Å². The number of rotatable bonds is 3. The van der Waals surface area contributed by atoms with Gasteiger partial charge < -0.3 is 9.84 Å². The van der Waals surface area contributed by atoms with E-state index in [-0.39, 0.29) is 0 Å². The number of hydrogen-bond acceptors (Lipinski definition) is 4. The third-order valence-electron chi connectivity index (χ3n) is 3.25. The normalized spacial score (nSPS) is 16.2. The molecule has 0 aliphatic heterocycles. The topological polar surface area (TPSA) is 59.7 Å². The summed E-state index contributed by atoms with van der Waals surface area (Å²) < 4.78 is 7.10. The average Bonchev–Trinajstić information content (AvgIpc) is 3.05. The molecule has 0 radical (unpaired) electrons. The molecular formula is C13H17N3O2. The first-order chi connectivity index (χ1) is 8.49. The van der Waals surface area contributed by atoms with E-state index in [0.717, 1.165) is 11.4 Å². The van der Waals surface area contributed by atoms with Gasteiger partial charge >= 0.3 is 0 Å². The van der Waals surface area contributed by atoms with Gasteiger partial charge in [-0.3, -0.25) is 0 Å². The number of imidazole rings is 1. The van der Waals surface area contributed by atoms with Crippen molar-refractivity contribution in [1.82, 2.24) is 14.6 Å². The summed E-state index contributed by atoms with van der Waals surface area (Å²) in [7, 11) is 1.65. The Balaban J connectivity index is 2.15. The predicted molar refractivity (Wildman–Crippen MR) is 66.8 cm³/mol. The monoisotopic (exact) mass is 247 g/mol. The molecule has 1 aliphatic carbocycles. The largest absolute Gasteiger partial charge is 0.495 e. The lowest BCUT2D eigenvalue weighted by Gasteiger charge is -2.12. The Morgan fingerprint density at radius 2 is 2.17 bits per heavy atom. The van der Waals surface area contributed by atoms with Crippen LogP contribution in [0.15, 0.2) is 12.3 Å². The van der Waals surface area contributed by atoms with Gasteiger partial charge in [0.25, 0.3) is 0 Å². The highest BCUT2D eigenvalue weighted by Gasteiger charge is 2.30. The zero-order valence-corrected chi connectivity index (χ0v) is 10.8. The number of hydrogen-bond donors (Lipinski definition) is 1. The molecule has 5 nitrogen and oxygen atoms in total. The summed E-state index contributed by atoms with van der Waals surface area (Å²) in [5.41, 5.74) is 1.35. The lowest BCUT2D eigenvalue weighted by atomic mass is 10.1. The second-order valence-electron chi connectivity index (χ2n) is 5.36. The molecule has 2 aromatic heterocycles. The van der Waals surface area contributed by atoms with Gasteiger partial charge in [-0.1, -0.05) is 0 Å². The highest BCUT2D eigenvalue weighted by atomic mass is 16.5. The standard InChI is InChI=1S/C13H17N3O2/c1-13(2,17)10-7-16-11(14-10)6-9(18-3)12(15-16)8-4-5-8/h6-8,17H,4-5H2,1-3H3. The summed E-state index contributed by atoms with van der Waals surface area (Å²) in [6, 6.07) is 1.88. The second kappa shape index (κ2) is 3.68. The number of methoxy groups -OCH3 is 1. The van der Waals surface area contributed by atoms with Crippen molar-refractivity contribution >= 4 is 5.65 Å². The minimum atomic E-state index is -0.958. The zero-order chi connectivity index (χ0) is 12.9. The van der Waals surface area contributed by atoms with Crippen molar-refractivity contribution in [2.45, 2.75) is 38.2 Å². The van der Waals surface area contributed by atoms with Crippen LogP contribution in [0.4, 0.5) is 0 Å². The molecule has 0 saturated heterocycles. The molecule has 0 bridgehead atoms.